The number of amides is 1. The zero-order valence-corrected chi connectivity index (χ0v) is 18.0. The highest BCUT2D eigenvalue weighted by Gasteiger charge is 2.33. The van der Waals surface area contributed by atoms with Crippen molar-refractivity contribution >= 4 is 40.6 Å². The van der Waals surface area contributed by atoms with E-state index in [1.165, 1.54) is 0 Å². The van der Waals surface area contributed by atoms with E-state index in [2.05, 4.69) is 22.1 Å². The first-order valence-corrected chi connectivity index (χ1v) is 10.5. The quantitative estimate of drug-likeness (QED) is 0.676. The molecule has 0 unspecified atom stereocenters. The largest absolute Gasteiger partial charge is 0.352 e. The first-order valence-electron chi connectivity index (χ1n) is 8.43. The van der Waals surface area contributed by atoms with Gasteiger partial charge in [0, 0.05) is 51.6 Å². The number of nitrogens with one attached hydrogen (secondary N) is 1. The van der Waals surface area contributed by atoms with Crippen molar-refractivity contribution in [3.8, 4) is 0 Å². The topological polar surface area (TPSA) is 84.3 Å². The highest BCUT2D eigenvalue weighted by atomic mass is 35.5. The second-order valence-corrected chi connectivity index (χ2v) is 9.05. The summed E-state index contributed by atoms with van der Waals surface area (Å²) in [6.07, 6.45) is 6.98. The van der Waals surface area contributed by atoms with Crippen molar-refractivity contribution in [3.63, 3.8) is 0 Å². The first-order chi connectivity index (χ1) is 11.3. The number of likely N-dealkylation sites (tertiary alicyclic amines) is 1. The molecular formula is C16H30Cl2N4O3S. The maximum Gasteiger partial charge on any atom is 0.221 e. The van der Waals surface area contributed by atoms with Crippen molar-refractivity contribution in [2.75, 3.05) is 25.1 Å². The maximum absolute atomic E-state index is 12.1. The van der Waals surface area contributed by atoms with Gasteiger partial charge in [-0.1, -0.05) is 13.3 Å². The van der Waals surface area contributed by atoms with Crippen LogP contribution in [0, 0.1) is 5.92 Å². The van der Waals surface area contributed by atoms with E-state index in [1.54, 1.807) is 6.33 Å². The molecule has 0 spiro atoms. The van der Waals surface area contributed by atoms with Gasteiger partial charge in [-0.3, -0.25) is 9.69 Å². The second kappa shape index (κ2) is 11.1. The summed E-state index contributed by atoms with van der Waals surface area (Å²) in [5.74, 6) is 0.141. The first kappa shape index (κ1) is 25.2. The van der Waals surface area contributed by atoms with Gasteiger partial charge in [0.25, 0.3) is 0 Å². The van der Waals surface area contributed by atoms with Gasteiger partial charge in [0.1, 0.15) is 9.84 Å². The van der Waals surface area contributed by atoms with E-state index < -0.39 is 9.84 Å². The van der Waals surface area contributed by atoms with Crippen molar-refractivity contribution in [2.45, 2.75) is 38.8 Å². The van der Waals surface area contributed by atoms with E-state index in [1.807, 2.05) is 17.8 Å². The average Bonchev–Trinajstić information content (AvgIpc) is 3.04. The Morgan fingerprint density at radius 2 is 2.04 bits per heavy atom. The lowest BCUT2D eigenvalue weighted by Crippen LogP contribution is -2.41. The van der Waals surface area contributed by atoms with Gasteiger partial charge < -0.3 is 9.88 Å². The zero-order chi connectivity index (χ0) is 17.7. The number of halogens is 2. The van der Waals surface area contributed by atoms with E-state index in [0.29, 0.717) is 5.92 Å². The van der Waals surface area contributed by atoms with Gasteiger partial charge in [0.15, 0.2) is 0 Å². The minimum absolute atomic E-state index is 0. The number of hydrogen-bond acceptors (Lipinski definition) is 5. The van der Waals surface area contributed by atoms with Gasteiger partial charge in [-0.2, -0.15) is 0 Å². The number of nitrogens with zero attached hydrogens (tertiary/aromatic N) is 3. The lowest BCUT2D eigenvalue weighted by atomic mass is 9.98. The molecule has 26 heavy (non-hydrogen) atoms. The molecule has 0 bridgehead atoms. The molecule has 0 radical (unpaired) electrons. The summed E-state index contributed by atoms with van der Waals surface area (Å²) in [5.41, 5.74) is 1.15. The molecule has 2 heterocycles. The normalized spacial score (nSPS) is 20.3. The van der Waals surface area contributed by atoms with Crippen molar-refractivity contribution < 1.29 is 13.2 Å². The molecule has 0 aromatic carbocycles. The molecule has 1 aliphatic rings. The summed E-state index contributed by atoms with van der Waals surface area (Å²) in [7, 11) is -1.13. The fourth-order valence-corrected chi connectivity index (χ4v) is 3.80. The third-order valence-electron chi connectivity index (χ3n) is 4.52. The maximum atomic E-state index is 12.1. The summed E-state index contributed by atoms with van der Waals surface area (Å²) in [5, 5.41) is 3.04. The van der Waals surface area contributed by atoms with Crippen LogP contribution in [-0.2, 0) is 28.2 Å². The highest BCUT2D eigenvalue weighted by molar-refractivity contribution is 7.90. The summed E-state index contributed by atoms with van der Waals surface area (Å²) < 4.78 is 24.4. The number of sulfone groups is 1. The van der Waals surface area contributed by atoms with Crippen LogP contribution in [0.3, 0.4) is 0 Å². The van der Waals surface area contributed by atoms with Crippen molar-refractivity contribution in [1.29, 1.82) is 0 Å². The van der Waals surface area contributed by atoms with Crippen LogP contribution in [0.5, 0.6) is 0 Å². The monoisotopic (exact) mass is 428 g/mol. The molecule has 2 atom stereocenters. The Balaban J connectivity index is 0.00000312. The molecule has 0 saturated carbocycles. The Kier molecular flexibility index (Phi) is 10.8. The third kappa shape index (κ3) is 7.82. The van der Waals surface area contributed by atoms with Crippen LogP contribution in [0.1, 0.15) is 31.9 Å². The molecule has 1 aromatic heterocycles. The van der Waals surface area contributed by atoms with E-state index in [0.717, 1.165) is 44.4 Å². The molecule has 1 saturated heterocycles. The van der Waals surface area contributed by atoms with Gasteiger partial charge in [-0.25, -0.2) is 13.4 Å². The molecule has 152 valence electrons. The Hall–Kier alpha value is -0.830. The van der Waals surface area contributed by atoms with Crippen LogP contribution >= 0.6 is 24.8 Å². The Morgan fingerprint density at radius 3 is 2.58 bits per heavy atom. The van der Waals surface area contributed by atoms with Gasteiger partial charge in [0.2, 0.25) is 5.91 Å². The number of carbonyl (C=O) groups is 1. The Morgan fingerprint density at radius 1 is 1.35 bits per heavy atom. The molecule has 0 aliphatic carbocycles. The molecule has 10 heteroatoms. The molecule has 1 N–H and O–H groups in total. The predicted molar refractivity (Wildman–Crippen MR) is 108 cm³/mol. The van der Waals surface area contributed by atoms with Crippen molar-refractivity contribution in [3.05, 3.63) is 18.2 Å². The SMILES string of the molecule is CCC[C@H]1CN(Cc2cncn2C)C[C@@H]1NC(=O)CCS(C)(=O)=O.Cl.Cl. The van der Waals surface area contributed by atoms with Gasteiger partial charge >= 0.3 is 0 Å². The zero-order valence-electron chi connectivity index (χ0n) is 15.6. The predicted octanol–water partition coefficient (Wildman–Crippen LogP) is 1.42. The van der Waals surface area contributed by atoms with Crippen molar-refractivity contribution in [2.24, 2.45) is 13.0 Å². The minimum atomic E-state index is -3.11. The van der Waals surface area contributed by atoms with E-state index in [-0.39, 0.29) is 48.9 Å². The summed E-state index contributed by atoms with van der Waals surface area (Å²) in [6.45, 7) is 4.69. The Bertz CT molecular complexity index is 666. The minimum Gasteiger partial charge on any atom is -0.352 e. The van der Waals surface area contributed by atoms with Gasteiger partial charge in [0.05, 0.1) is 17.8 Å². The Labute approximate surface area is 168 Å². The van der Waals surface area contributed by atoms with Crippen LogP contribution in [0.15, 0.2) is 12.5 Å². The van der Waals surface area contributed by atoms with Crippen LogP contribution in [-0.4, -0.2) is 59.9 Å². The van der Waals surface area contributed by atoms with Crippen molar-refractivity contribution in [1.82, 2.24) is 19.8 Å². The van der Waals surface area contributed by atoms with E-state index >= 15 is 0 Å². The fraction of sp³-hybridized carbons (Fsp3) is 0.750. The van der Waals surface area contributed by atoms with E-state index in [4.69, 9.17) is 0 Å². The second-order valence-electron chi connectivity index (χ2n) is 6.79. The molecule has 1 amide bonds. The van der Waals surface area contributed by atoms with Crippen LogP contribution in [0.2, 0.25) is 0 Å². The standard InChI is InChI=1S/C16H28N4O3S.2ClH/c1-4-5-13-9-20(10-14-8-17-12-19(14)2)11-15(13)18-16(21)6-7-24(3,22)23;;/h8,12-13,15H,4-7,9-11H2,1-3H3,(H,18,21);2*1H/t13-,15-;;/m0../s1. The van der Waals surface area contributed by atoms with Gasteiger partial charge in [-0.05, 0) is 12.3 Å². The lowest BCUT2D eigenvalue weighted by molar-refractivity contribution is -0.121. The number of aromatic nitrogens is 2. The number of hydrogen-bond donors (Lipinski definition) is 1. The molecular weight excluding hydrogens is 399 g/mol. The van der Waals surface area contributed by atoms with Gasteiger partial charge in [-0.15, -0.1) is 24.8 Å². The average molecular weight is 429 g/mol. The number of rotatable bonds is 8. The summed E-state index contributed by atoms with van der Waals surface area (Å²) >= 11 is 0. The molecule has 2 rings (SSSR count). The molecule has 1 aromatic rings. The molecule has 1 aliphatic heterocycles. The highest BCUT2D eigenvalue weighted by Crippen LogP contribution is 2.23. The van der Waals surface area contributed by atoms with Crippen LogP contribution in [0.25, 0.3) is 0 Å². The molecule has 1 fully saturated rings. The smallest absolute Gasteiger partial charge is 0.221 e. The number of aryl methyl sites for hydroxylation is 1. The number of carbonyl (C=O) groups excluding carboxylic acids is 1. The fourth-order valence-electron chi connectivity index (χ4n) is 3.24. The van der Waals surface area contributed by atoms with E-state index in [9.17, 15) is 13.2 Å². The van der Waals surface area contributed by atoms with Crippen LogP contribution in [0.4, 0.5) is 0 Å². The third-order valence-corrected chi connectivity index (χ3v) is 5.47. The molecule has 7 nitrogen and oxygen atoms in total. The lowest BCUT2D eigenvalue weighted by Gasteiger charge is -2.19. The summed E-state index contributed by atoms with van der Waals surface area (Å²) in [6, 6.07) is 0.0882. The van der Waals surface area contributed by atoms with Crippen LogP contribution < -0.4 is 5.32 Å². The summed E-state index contributed by atoms with van der Waals surface area (Å²) in [4.78, 5) is 18.5. The number of imidazole rings is 1.